The van der Waals surface area contributed by atoms with Crippen LogP contribution in [-0.2, 0) is 10.3 Å². The van der Waals surface area contributed by atoms with Gasteiger partial charge in [0.1, 0.15) is 11.3 Å². The largest absolute Gasteiger partial charge is 0.496 e. The second-order valence-corrected chi connectivity index (χ2v) is 6.11. The molecule has 1 unspecified atom stereocenters. The molecule has 0 radical (unpaired) electrons. The van der Waals surface area contributed by atoms with E-state index in [4.69, 9.17) is 4.74 Å². The fraction of sp³-hybridized carbons (Fsp3) is 0.588. The van der Waals surface area contributed by atoms with E-state index in [9.17, 15) is 9.90 Å². The van der Waals surface area contributed by atoms with Gasteiger partial charge >= 0.3 is 5.97 Å². The van der Waals surface area contributed by atoms with Crippen molar-refractivity contribution in [3.05, 3.63) is 29.3 Å². The Balaban J connectivity index is 2.36. The quantitative estimate of drug-likeness (QED) is 0.874. The van der Waals surface area contributed by atoms with Crippen LogP contribution in [0.1, 0.15) is 50.2 Å². The third kappa shape index (κ3) is 3.38. The van der Waals surface area contributed by atoms with Crippen molar-refractivity contribution >= 4 is 5.97 Å². The highest BCUT2D eigenvalue weighted by Gasteiger charge is 2.39. The summed E-state index contributed by atoms with van der Waals surface area (Å²) >= 11 is 0. The third-order valence-electron chi connectivity index (χ3n) is 4.42. The molecule has 0 heterocycles. The lowest BCUT2D eigenvalue weighted by atomic mass is 9.86. The van der Waals surface area contributed by atoms with Crippen molar-refractivity contribution in [1.82, 2.24) is 5.32 Å². The van der Waals surface area contributed by atoms with Gasteiger partial charge in [-0.1, -0.05) is 30.9 Å². The van der Waals surface area contributed by atoms with Gasteiger partial charge in [-0.2, -0.15) is 0 Å². The lowest BCUT2D eigenvalue weighted by Gasteiger charge is -2.34. The molecule has 2 N–H and O–H groups in total. The number of rotatable bonds is 5. The molecule has 0 aliphatic heterocycles. The van der Waals surface area contributed by atoms with Crippen molar-refractivity contribution in [3.8, 4) is 5.75 Å². The number of aryl methyl sites for hydroxylation is 1. The van der Waals surface area contributed by atoms with Crippen LogP contribution in [-0.4, -0.2) is 24.2 Å². The summed E-state index contributed by atoms with van der Waals surface area (Å²) in [7, 11) is 1.58. The number of carbonyl (C=O) groups is 1. The van der Waals surface area contributed by atoms with E-state index in [2.05, 4.69) is 5.32 Å². The minimum absolute atomic E-state index is 0.255. The molecular formula is C17H25NO3. The Morgan fingerprint density at radius 3 is 2.57 bits per heavy atom. The lowest BCUT2D eigenvalue weighted by Crippen LogP contribution is -2.52. The Bertz CT molecular complexity index is 509. The predicted octanol–water partition coefficient (Wildman–Crippen LogP) is 3.23. The number of carboxylic acids is 1. The van der Waals surface area contributed by atoms with E-state index in [1.165, 1.54) is 6.42 Å². The molecule has 116 valence electrons. The molecule has 0 saturated heterocycles. The van der Waals surface area contributed by atoms with Crippen LogP contribution in [0.15, 0.2) is 18.2 Å². The van der Waals surface area contributed by atoms with Crippen LogP contribution < -0.4 is 10.1 Å². The average Bonchev–Trinajstić information content (AvgIpc) is 2.48. The van der Waals surface area contributed by atoms with E-state index >= 15 is 0 Å². The van der Waals surface area contributed by atoms with Gasteiger partial charge in [0, 0.05) is 11.6 Å². The highest BCUT2D eigenvalue weighted by Crippen LogP contribution is 2.33. The van der Waals surface area contributed by atoms with Crippen molar-refractivity contribution in [2.45, 2.75) is 57.5 Å². The van der Waals surface area contributed by atoms with Gasteiger partial charge in [-0.05, 0) is 38.8 Å². The Morgan fingerprint density at radius 2 is 2.00 bits per heavy atom. The molecule has 0 bridgehead atoms. The topological polar surface area (TPSA) is 58.6 Å². The maximum atomic E-state index is 12.0. The number of carboxylic acid groups (broad SMARTS) is 1. The van der Waals surface area contributed by atoms with Crippen LogP contribution in [0, 0.1) is 6.92 Å². The molecule has 1 saturated carbocycles. The average molecular weight is 291 g/mol. The summed E-state index contributed by atoms with van der Waals surface area (Å²) in [5.74, 6) is -0.245. The fourth-order valence-corrected chi connectivity index (χ4v) is 3.12. The van der Waals surface area contributed by atoms with Gasteiger partial charge in [-0.15, -0.1) is 0 Å². The second-order valence-electron chi connectivity index (χ2n) is 6.11. The summed E-state index contributed by atoms with van der Waals surface area (Å²) in [5.41, 5.74) is 0.603. The Hall–Kier alpha value is -1.55. The SMILES string of the molecule is COc1ccc(C)cc1C(C)(NC1CCCCC1)C(=O)O. The summed E-state index contributed by atoms with van der Waals surface area (Å²) in [6, 6.07) is 5.94. The number of ether oxygens (including phenoxy) is 1. The molecule has 1 aliphatic carbocycles. The first kappa shape index (κ1) is 15.8. The first-order valence-electron chi connectivity index (χ1n) is 7.63. The van der Waals surface area contributed by atoms with E-state index in [0.717, 1.165) is 31.2 Å². The van der Waals surface area contributed by atoms with Gasteiger partial charge < -0.3 is 9.84 Å². The highest BCUT2D eigenvalue weighted by molar-refractivity contribution is 5.81. The molecular weight excluding hydrogens is 266 g/mol. The standard InChI is InChI=1S/C17H25NO3/c1-12-9-10-15(21-3)14(11-12)17(2,16(19)20)18-13-7-5-4-6-8-13/h9-11,13,18H,4-8H2,1-3H3,(H,19,20). The van der Waals surface area contributed by atoms with Crippen LogP contribution in [0.4, 0.5) is 0 Å². The smallest absolute Gasteiger partial charge is 0.328 e. The van der Waals surface area contributed by atoms with Crippen molar-refractivity contribution < 1.29 is 14.6 Å². The van der Waals surface area contributed by atoms with E-state index in [1.54, 1.807) is 14.0 Å². The molecule has 21 heavy (non-hydrogen) atoms. The number of methoxy groups -OCH3 is 1. The molecule has 4 heteroatoms. The number of aliphatic carboxylic acids is 1. The van der Waals surface area contributed by atoms with Gasteiger partial charge in [-0.25, -0.2) is 4.79 Å². The van der Waals surface area contributed by atoms with Crippen LogP contribution in [0.25, 0.3) is 0 Å². The van der Waals surface area contributed by atoms with Crippen molar-refractivity contribution in [2.24, 2.45) is 0 Å². The molecule has 0 aromatic heterocycles. The van der Waals surface area contributed by atoms with Crippen LogP contribution in [0.2, 0.25) is 0 Å². The monoisotopic (exact) mass is 291 g/mol. The normalized spacial score (nSPS) is 19.0. The second kappa shape index (κ2) is 6.48. The summed E-state index contributed by atoms with van der Waals surface area (Å²) in [4.78, 5) is 12.0. The Kier molecular flexibility index (Phi) is 4.88. The Morgan fingerprint density at radius 1 is 1.33 bits per heavy atom. The molecule has 1 fully saturated rings. The molecule has 4 nitrogen and oxygen atoms in total. The summed E-state index contributed by atoms with van der Waals surface area (Å²) in [5, 5.41) is 13.2. The highest BCUT2D eigenvalue weighted by atomic mass is 16.5. The lowest BCUT2D eigenvalue weighted by molar-refractivity contribution is -0.145. The minimum Gasteiger partial charge on any atom is -0.496 e. The molecule has 0 spiro atoms. The fourth-order valence-electron chi connectivity index (χ4n) is 3.12. The summed E-state index contributed by atoms with van der Waals surface area (Å²) in [6.07, 6.45) is 5.65. The van der Waals surface area contributed by atoms with E-state index in [0.29, 0.717) is 11.3 Å². The summed E-state index contributed by atoms with van der Waals surface area (Å²) in [6.45, 7) is 3.70. The van der Waals surface area contributed by atoms with E-state index in [-0.39, 0.29) is 6.04 Å². The van der Waals surface area contributed by atoms with Crippen molar-refractivity contribution in [3.63, 3.8) is 0 Å². The zero-order valence-electron chi connectivity index (χ0n) is 13.1. The number of nitrogens with one attached hydrogen (secondary N) is 1. The zero-order chi connectivity index (χ0) is 15.5. The minimum atomic E-state index is -1.13. The molecule has 1 aromatic carbocycles. The van der Waals surface area contributed by atoms with Gasteiger partial charge in [0.2, 0.25) is 0 Å². The van der Waals surface area contributed by atoms with Gasteiger partial charge in [0.25, 0.3) is 0 Å². The number of hydrogen-bond acceptors (Lipinski definition) is 3. The third-order valence-corrected chi connectivity index (χ3v) is 4.42. The number of hydrogen-bond donors (Lipinski definition) is 2. The maximum Gasteiger partial charge on any atom is 0.328 e. The molecule has 2 rings (SSSR count). The molecule has 0 amide bonds. The van der Waals surface area contributed by atoms with E-state index in [1.807, 2.05) is 25.1 Å². The maximum absolute atomic E-state index is 12.0. The zero-order valence-corrected chi connectivity index (χ0v) is 13.1. The first-order chi connectivity index (χ1) is 9.97. The van der Waals surface area contributed by atoms with Crippen LogP contribution in [0.3, 0.4) is 0 Å². The van der Waals surface area contributed by atoms with Gasteiger partial charge in [-0.3, -0.25) is 5.32 Å². The molecule has 1 aromatic rings. The summed E-state index contributed by atoms with van der Waals surface area (Å²) < 4.78 is 5.38. The first-order valence-corrected chi connectivity index (χ1v) is 7.63. The van der Waals surface area contributed by atoms with Gasteiger partial charge in [0.05, 0.1) is 7.11 Å². The molecule has 1 aliphatic rings. The predicted molar refractivity (Wildman–Crippen MR) is 82.7 cm³/mol. The van der Waals surface area contributed by atoms with Crippen LogP contribution in [0.5, 0.6) is 5.75 Å². The number of benzene rings is 1. The van der Waals surface area contributed by atoms with Crippen molar-refractivity contribution in [1.29, 1.82) is 0 Å². The van der Waals surface area contributed by atoms with Crippen LogP contribution >= 0.6 is 0 Å². The van der Waals surface area contributed by atoms with Crippen molar-refractivity contribution in [2.75, 3.05) is 7.11 Å². The molecule has 1 atom stereocenters. The Labute approximate surface area is 126 Å². The van der Waals surface area contributed by atoms with Gasteiger partial charge in [0.15, 0.2) is 0 Å². The van der Waals surface area contributed by atoms with E-state index < -0.39 is 11.5 Å².